The van der Waals surface area contributed by atoms with Crippen molar-refractivity contribution in [2.75, 3.05) is 60.6 Å². The maximum absolute atomic E-state index is 13.2. The van der Waals surface area contributed by atoms with E-state index in [-0.39, 0.29) is 24.5 Å². The van der Waals surface area contributed by atoms with E-state index in [2.05, 4.69) is 10.2 Å². The number of hydrogen-bond donors (Lipinski definition) is 1. The molecule has 0 bridgehead atoms. The number of urea groups is 1. The Hall–Kier alpha value is -3.27. The highest BCUT2D eigenvalue weighted by Gasteiger charge is 2.39. The van der Waals surface area contributed by atoms with Crippen molar-refractivity contribution >= 4 is 17.9 Å². The molecule has 3 amide bonds. The minimum absolute atomic E-state index is 0.202. The van der Waals surface area contributed by atoms with Crippen LogP contribution in [0, 0.1) is 5.92 Å². The smallest absolute Gasteiger partial charge is 0.338 e. The van der Waals surface area contributed by atoms with Crippen LogP contribution in [0.15, 0.2) is 29.5 Å². The van der Waals surface area contributed by atoms with E-state index in [9.17, 15) is 14.4 Å². The number of ether oxygens (including phenoxy) is 3. The molecule has 4 rings (SSSR count). The fourth-order valence-electron chi connectivity index (χ4n) is 4.61. The topological polar surface area (TPSA) is 101 Å². The van der Waals surface area contributed by atoms with Gasteiger partial charge >= 0.3 is 12.0 Å². The van der Waals surface area contributed by atoms with Gasteiger partial charge in [0.2, 0.25) is 5.91 Å². The van der Waals surface area contributed by atoms with Gasteiger partial charge in [0.15, 0.2) is 0 Å². The summed E-state index contributed by atoms with van der Waals surface area (Å²) in [5.41, 5.74) is 1.58. The highest BCUT2D eigenvalue weighted by Crippen LogP contribution is 2.38. The van der Waals surface area contributed by atoms with Gasteiger partial charge in [0.25, 0.3) is 0 Å². The number of rotatable bonds is 8. The van der Waals surface area contributed by atoms with Crippen LogP contribution in [0.3, 0.4) is 0 Å². The normalized spacial score (nSPS) is 21.0. The number of likely N-dealkylation sites (N-methyl/N-ethyl adjacent to an activating group) is 1. The van der Waals surface area contributed by atoms with Gasteiger partial charge in [0, 0.05) is 63.0 Å². The molecular formula is C25H34N4O6. The maximum Gasteiger partial charge on any atom is 0.338 e. The molecule has 0 aromatic heterocycles. The molecule has 10 nitrogen and oxygen atoms in total. The molecule has 1 atom stereocenters. The Balaban J connectivity index is 1.65. The van der Waals surface area contributed by atoms with Gasteiger partial charge in [-0.25, -0.2) is 9.59 Å². The molecule has 0 spiro atoms. The molecule has 10 heteroatoms. The fourth-order valence-corrected chi connectivity index (χ4v) is 4.61. The summed E-state index contributed by atoms with van der Waals surface area (Å²) in [6, 6.07) is 4.21. The summed E-state index contributed by atoms with van der Waals surface area (Å²) < 4.78 is 16.3. The van der Waals surface area contributed by atoms with Crippen LogP contribution in [0.2, 0.25) is 0 Å². The van der Waals surface area contributed by atoms with Crippen LogP contribution in [0.1, 0.15) is 31.4 Å². The predicted molar refractivity (Wildman–Crippen MR) is 128 cm³/mol. The van der Waals surface area contributed by atoms with Gasteiger partial charge in [-0.3, -0.25) is 14.6 Å². The van der Waals surface area contributed by atoms with Crippen molar-refractivity contribution in [1.82, 2.24) is 20.0 Å². The molecule has 2 aliphatic heterocycles. The quantitative estimate of drug-likeness (QED) is 0.559. The Morgan fingerprint density at radius 3 is 2.40 bits per heavy atom. The molecular weight excluding hydrogens is 452 g/mol. The SMILES string of the molecule is CCOC(=O)C1=C(CN2CCN(C(=O)C3CC3)CC2)N(C)C(=O)NC1c1ccc(OC)cc1OC. The number of amides is 3. The third kappa shape index (κ3) is 5.22. The second-order valence-corrected chi connectivity index (χ2v) is 9.01. The lowest BCUT2D eigenvalue weighted by molar-refractivity contribution is -0.139. The molecule has 0 radical (unpaired) electrons. The zero-order valence-electron chi connectivity index (χ0n) is 20.8. The van der Waals surface area contributed by atoms with Crippen molar-refractivity contribution in [2.45, 2.75) is 25.8 Å². The Morgan fingerprint density at radius 1 is 1.09 bits per heavy atom. The Morgan fingerprint density at radius 2 is 1.80 bits per heavy atom. The van der Waals surface area contributed by atoms with Crippen molar-refractivity contribution in [3.8, 4) is 11.5 Å². The Kier molecular flexibility index (Phi) is 7.49. The minimum Gasteiger partial charge on any atom is -0.497 e. The lowest BCUT2D eigenvalue weighted by atomic mass is 9.93. The van der Waals surface area contributed by atoms with E-state index in [1.807, 2.05) is 4.90 Å². The number of methoxy groups -OCH3 is 2. The molecule has 1 N–H and O–H groups in total. The molecule has 1 saturated carbocycles. The minimum atomic E-state index is -0.744. The maximum atomic E-state index is 13.2. The van der Waals surface area contributed by atoms with Crippen LogP contribution in [0.4, 0.5) is 4.79 Å². The van der Waals surface area contributed by atoms with Crippen LogP contribution in [0.5, 0.6) is 11.5 Å². The van der Waals surface area contributed by atoms with Gasteiger partial charge in [0.05, 0.1) is 32.4 Å². The van der Waals surface area contributed by atoms with E-state index in [0.29, 0.717) is 61.1 Å². The second-order valence-electron chi connectivity index (χ2n) is 9.01. The number of carbonyl (C=O) groups is 3. The number of benzene rings is 1. The third-order valence-corrected chi connectivity index (χ3v) is 6.81. The zero-order chi connectivity index (χ0) is 25.1. The lowest BCUT2D eigenvalue weighted by Gasteiger charge is -2.39. The van der Waals surface area contributed by atoms with Crippen LogP contribution >= 0.6 is 0 Å². The first-order valence-corrected chi connectivity index (χ1v) is 12.0. The summed E-state index contributed by atoms with van der Waals surface area (Å²) in [4.78, 5) is 44.2. The predicted octanol–water partition coefficient (Wildman–Crippen LogP) is 1.77. The highest BCUT2D eigenvalue weighted by atomic mass is 16.5. The van der Waals surface area contributed by atoms with Crippen LogP contribution in [0.25, 0.3) is 0 Å². The molecule has 1 aromatic carbocycles. The summed E-state index contributed by atoms with van der Waals surface area (Å²) in [5.74, 6) is 1.06. The first kappa shape index (κ1) is 24.8. The zero-order valence-corrected chi connectivity index (χ0v) is 20.8. The summed E-state index contributed by atoms with van der Waals surface area (Å²) >= 11 is 0. The van der Waals surface area contributed by atoms with Crippen molar-refractivity contribution in [1.29, 1.82) is 0 Å². The molecule has 2 fully saturated rings. The average Bonchev–Trinajstić information content (AvgIpc) is 3.72. The second kappa shape index (κ2) is 10.6. The van der Waals surface area contributed by atoms with E-state index in [4.69, 9.17) is 14.2 Å². The first-order chi connectivity index (χ1) is 16.9. The largest absolute Gasteiger partial charge is 0.497 e. The van der Waals surface area contributed by atoms with E-state index in [1.54, 1.807) is 39.3 Å². The average molecular weight is 487 g/mol. The molecule has 35 heavy (non-hydrogen) atoms. The Bertz CT molecular complexity index is 1010. The summed E-state index contributed by atoms with van der Waals surface area (Å²) in [7, 11) is 4.75. The van der Waals surface area contributed by atoms with Crippen LogP contribution in [-0.2, 0) is 14.3 Å². The van der Waals surface area contributed by atoms with E-state index in [0.717, 1.165) is 12.8 Å². The van der Waals surface area contributed by atoms with Crippen molar-refractivity contribution in [3.05, 3.63) is 35.0 Å². The molecule has 3 aliphatic rings. The van der Waals surface area contributed by atoms with Crippen molar-refractivity contribution < 1.29 is 28.6 Å². The summed E-state index contributed by atoms with van der Waals surface area (Å²) in [6.45, 7) is 4.97. The van der Waals surface area contributed by atoms with Crippen molar-refractivity contribution in [2.24, 2.45) is 5.92 Å². The van der Waals surface area contributed by atoms with Gasteiger partial charge in [-0.15, -0.1) is 0 Å². The third-order valence-electron chi connectivity index (χ3n) is 6.81. The number of esters is 1. The van der Waals surface area contributed by atoms with E-state index < -0.39 is 12.0 Å². The highest BCUT2D eigenvalue weighted by molar-refractivity contribution is 5.95. The van der Waals surface area contributed by atoms with Crippen molar-refractivity contribution in [3.63, 3.8) is 0 Å². The van der Waals surface area contributed by atoms with E-state index >= 15 is 0 Å². The molecule has 2 heterocycles. The molecule has 1 aliphatic carbocycles. The molecule has 1 aromatic rings. The monoisotopic (exact) mass is 486 g/mol. The van der Waals surface area contributed by atoms with Gasteiger partial charge in [-0.05, 0) is 31.9 Å². The van der Waals surface area contributed by atoms with Gasteiger partial charge < -0.3 is 24.4 Å². The number of nitrogens with zero attached hydrogens (tertiary/aromatic N) is 3. The number of piperazine rings is 1. The van der Waals surface area contributed by atoms with E-state index in [1.165, 1.54) is 12.0 Å². The molecule has 190 valence electrons. The summed E-state index contributed by atoms with van der Waals surface area (Å²) in [6.07, 6.45) is 1.98. The standard InChI is InChI=1S/C25H34N4O6/c1-5-35-24(31)21-19(15-28-10-12-29(13-11-28)23(30)16-6-7-16)27(2)25(32)26-22(21)18-9-8-17(33-3)14-20(18)34-4/h8-9,14,16,22H,5-7,10-13,15H2,1-4H3,(H,26,32). The first-order valence-electron chi connectivity index (χ1n) is 12.0. The summed E-state index contributed by atoms with van der Waals surface area (Å²) in [5, 5.41) is 2.93. The molecule has 1 unspecified atom stereocenters. The molecule has 1 saturated heterocycles. The van der Waals surface area contributed by atoms with Gasteiger partial charge in [0.1, 0.15) is 11.5 Å². The number of hydrogen-bond acceptors (Lipinski definition) is 7. The Labute approximate surface area is 205 Å². The van der Waals surface area contributed by atoms with Crippen LogP contribution in [-0.4, -0.2) is 93.2 Å². The number of nitrogens with one attached hydrogen (secondary N) is 1. The van der Waals surface area contributed by atoms with Gasteiger partial charge in [-0.2, -0.15) is 0 Å². The lowest BCUT2D eigenvalue weighted by Crippen LogP contribution is -2.53. The fraction of sp³-hybridized carbons (Fsp3) is 0.560. The van der Waals surface area contributed by atoms with Crippen LogP contribution < -0.4 is 14.8 Å². The number of carbonyl (C=O) groups excluding carboxylic acids is 3. The van der Waals surface area contributed by atoms with Gasteiger partial charge in [-0.1, -0.05) is 0 Å².